The third-order valence-corrected chi connectivity index (χ3v) is 3.82. The Kier molecular flexibility index (Phi) is 3.17. The summed E-state index contributed by atoms with van der Waals surface area (Å²) in [5.41, 5.74) is 5.24. The number of rotatable bonds is 2. The van der Waals surface area contributed by atoms with E-state index in [0.717, 1.165) is 25.7 Å². The van der Waals surface area contributed by atoms with E-state index < -0.39 is 17.0 Å². The zero-order valence-corrected chi connectivity index (χ0v) is 9.66. The average molecular weight is 246 g/mol. The number of nitrogens with two attached hydrogens (primary N) is 1. The van der Waals surface area contributed by atoms with Crippen molar-refractivity contribution in [3.05, 3.63) is 34.4 Å². The molecule has 0 atom stereocenters. The van der Waals surface area contributed by atoms with Crippen LogP contribution in [0.15, 0.2) is 12.1 Å². The van der Waals surface area contributed by atoms with E-state index in [2.05, 4.69) is 0 Å². The predicted octanol–water partition coefficient (Wildman–Crippen LogP) is 3.39. The van der Waals surface area contributed by atoms with Crippen LogP contribution in [0.1, 0.15) is 31.2 Å². The molecule has 1 nitrogen and oxygen atoms in total. The van der Waals surface area contributed by atoms with Crippen LogP contribution in [-0.2, 0) is 5.41 Å². The fourth-order valence-corrected chi connectivity index (χ4v) is 2.78. The zero-order valence-electron chi connectivity index (χ0n) is 8.90. The van der Waals surface area contributed by atoms with Crippen LogP contribution >= 0.6 is 11.6 Å². The second-order valence-electron chi connectivity index (χ2n) is 4.41. The van der Waals surface area contributed by atoms with E-state index in [0.29, 0.717) is 0 Å². The average Bonchev–Trinajstić information content (AvgIpc) is 2.74. The Morgan fingerprint density at radius 1 is 1.25 bits per heavy atom. The lowest BCUT2D eigenvalue weighted by Gasteiger charge is -2.28. The zero-order chi connectivity index (χ0) is 11.8. The minimum Gasteiger partial charge on any atom is -0.330 e. The van der Waals surface area contributed by atoms with E-state index in [1.807, 2.05) is 0 Å². The molecule has 1 aliphatic rings. The summed E-state index contributed by atoms with van der Waals surface area (Å²) >= 11 is 5.70. The van der Waals surface area contributed by atoms with Crippen LogP contribution in [0, 0.1) is 11.6 Å². The maximum Gasteiger partial charge on any atom is 0.148 e. The van der Waals surface area contributed by atoms with Crippen LogP contribution in [0.5, 0.6) is 0 Å². The summed E-state index contributed by atoms with van der Waals surface area (Å²) in [6, 6.07) is 2.46. The Bertz CT molecular complexity index is 400. The van der Waals surface area contributed by atoms with Crippen LogP contribution in [0.3, 0.4) is 0 Å². The fraction of sp³-hybridized carbons (Fsp3) is 0.500. The summed E-state index contributed by atoms with van der Waals surface area (Å²) < 4.78 is 27.7. The lowest BCUT2D eigenvalue weighted by atomic mass is 9.78. The Morgan fingerprint density at radius 2 is 1.88 bits per heavy atom. The molecule has 2 rings (SSSR count). The normalized spacial score (nSPS) is 19.0. The fourth-order valence-electron chi connectivity index (χ4n) is 2.62. The van der Waals surface area contributed by atoms with Gasteiger partial charge in [-0.2, -0.15) is 0 Å². The first-order chi connectivity index (χ1) is 7.60. The summed E-state index contributed by atoms with van der Waals surface area (Å²) in [4.78, 5) is 0. The summed E-state index contributed by atoms with van der Waals surface area (Å²) in [6.45, 7) is 0.265. The van der Waals surface area contributed by atoms with Crippen LogP contribution < -0.4 is 5.73 Å². The molecule has 0 heterocycles. The van der Waals surface area contributed by atoms with Gasteiger partial charge < -0.3 is 5.73 Å². The van der Waals surface area contributed by atoms with Crippen LogP contribution in [-0.4, -0.2) is 6.54 Å². The molecule has 1 aromatic rings. The minimum atomic E-state index is -0.644. The number of halogens is 3. The third-order valence-electron chi connectivity index (χ3n) is 3.53. The Hall–Kier alpha value is -0.670. The molecule has 0 aromatic heterocycles. The van der Waals surface area contributed by atoms with E-state index in [4.69, 9.17) is 17.3 Å². The Labute approximate surface area is 98.6 Å². The van der Waals surface area contributed by atoms with Gasteiger partial charge in [0.05, 0.1) is 5.02 Å². The second-order valence-corrected chi connectivity index (χ2v) is 4.82. The molecule has 0 spiro atoms. The second kappa shape index (κ2) is 4.30. The molecule has 0 aliphatic heterocycles. The van der Waals surface area contributed by atoms with E-state index in [-0.39, 0.29) is 17.1 Å². The summed E-state index contributed by atoms with van der Waals surface area (Å²) in [7, 11) is 0. The van der Waals surface area contributed by atoms with Crippen molar-refractivity contribution in [3.8, 4) is 0 Å². The standard InChI is InChI=1S/C12H14ClF2N/c13-8-3-4-9(14)10(11(8)15)12(7-16)5-1-2-6-12/h3-4H,1-2,5-7,16H2. The van der Waals surface area contributed by atoms with E-state index >= 15 is 0 Å². The van der Waals surface area contributed by atoms with Gasteiger partial charge in [-0.15, -0.1) is 0 Å². The van der Waals surface area contributed by atoms with Crippen LogP contribution in [0.25, 0.3) is 0 Å². The summed E-state index contributed by atoms with van der Waals surface area (Å²) in [6.07, 6.45) is 3.39. The van der Waals surface area contributed by atoms with Crippen LogP contribution in [0.2, 0.25) is 5.02 Å². The van der Waals surface area contributed by atoms with Crippen LogP contribution in [0.4, 0.5) is 8.78 Å². The van der Waals surface area contributed by atoms with Gasteiger partial charge in [0.2, 0.25) is 0 Å². The molecule has 1 fully saturated rings. The monoisotopic (exact) mass is 245 g/mol. The molecule has 1 saturated carbocycles. The summed E-state index contributed by atoms with van der Waals surface area (Å²) in [5.74, 6) is -1.18. The predicted molar refractivity (Wildman–Crippen MR) is 60.6 cm³/mol. The third kappa shape index (κ3) is 1.72. The molecule has 4 heteroatoms. The van der Waals surface area contributed by atoms with Gasteiger partial charge >= 0.3 is 0 Å². The molecule has 1 aliphatic carbocycles. The molecule has 16 heavy (non-hydrogen) atoms. The smallest absolute Gasteiger partial charge is 0.148 e. The molecule has 0 unspecified atom stereocenters. The molecular formula is C12H14ClF2N. The SMILES string of the molecule is NCC1(c2c(F)ccc(Cl)c2F)CCCC1. The first kappa shape index (κ1) is 11.8. The molecule has 1 aromatic carbocycles. The quantitative estimate of drug-likeness (QED) is 0.795. The van der Waals surface area contributed by atoms with Gasteiger partial charge in [-0.05, 0) is 25.0 Å². The maximum absolute atomic E-state index is 13.9. The van der Waals surface area contributed by atoms with E-state index in [9.17, 15) is 8.78 Å². The first-order valence-electron chi connectivity index (χ1n) is 5.45. The van der Waals surface area contributed by atoms with E-state index in [1.54, 1.807) is 0 Å². The van der Waals surface area contributed by atoms with Crippen molar-refractivity contribution in [2.75, 3.05) is 6.54 Å². The highest BCUT2D eigenvalue weighted by atomic mass is 35.5. The Balaban J connectivity index is 2.57. The van der Waals surface area contributed by atoms with Crippen molar-refractivity contribution in [1.82, 2.24) is 0 Å². The minimum absolute atomic E-state index is 0.0314. The molecule has 0 bridgehead atoms. The Morgan fingerprint density at radius 3 is 2.44 bits per heavy atom. The van der Waals surface area contributed by atoms with Gasteiger partial charge in [0.1, 0.15) is 11.6 Å². The van der Waals surface area contributed by atoms with Crippen molar-refractivity contribution in [2.45, 2.75) is 31.1 Å². The van der Waals surface area contributed by atoms with Crippen molar-refractivity contribution in [1.29, 1.82) is 0 Å². The van der Waals surface area contributed by atoms with E-state index in [1.165, 1.54) is 12.1 Å². The molecular weight excluding hydrogens is 232 g/mol. The highest BCUT2D eigenvalue weighted by Crippen LogP contribution is 2.43. The van der Waals surface area contributed by atoms with Gasteiger partial charge in [0, 0.05) is 17.5 Å². The molecule has 2 N–H and O–H groups in total. The van der Waals surface area contributed by atoms with Crippen molar-refractivity contribution >= 4 is 11.6 Å². The molecule has 88 valence electrons. The lowest BCUT2D eigenvalue weighted by molar-refractivity contribution is 0.400. The lowest BCUT2D eigenvalue weighted by Crippen LogP contribution is -2.34. The molecule has 0 radical (unpaired) electrons. The van der Waals surface area contributed by atoms with Gasteiger partial charge in [0.25, 0.3) is 0 Å². The van der Waals surface area contributed by atoms with Crippen molar-refractivity contribution in [3.63, 3.8) is 0 Å². The molecule has 0 amide bonds. The van der Waals surface area contributed by atoms with Gasteiger partial charge in [0.15, 0.2) is 0 Å². The van der Waals surface area contributed by atoms with Gasteiger partial charge in [-0.25, -0.2) is 8.78 Å². The number of hydrogen-bond acceptors (Lipinski definition) is 1. The van der Waals surface area contributed by atoms with Crippen molar-refractivity contribution < 1.29 is 8.78 Å². The number of benzene rings is 1. The topological polar surface area (TPSA) is 26.0 Å². The summed E-state index contributed by atoms with van der Waals surface area (Å²) in [5, 5.41) is -0.0314. The highest BCUT2D eigenvalue weighted by Gasteiger charge is 2.39. The van der Waals surface area contributed by atoms with Crippen molar-refractivity contribution in [2.24, 2.45) is 5.73 Å². The van der Waals surface area contributed by atoms with Gasteiger partial charge in [-0.1, -0.05) is 24.4 Å². The maximum atomic E-state index is 13.9. The largest absolute Gasteiger partial charge is 0.330 e. The molecule has 0 saturated heterocycles. The highest BCUT2D eigenvalue weighted by molar-refractivity contribution is 6.30. The van der Waals surface area contributed by atoms with Gasteiger partial charge in [-0.3, -0.25) is 0 Å². The first-order valence-corrected chi connectivity index (χ1v) is 5.82. The number of hydrogen-bond donors (Lipinski definition) is 1.